The summed E-state index contributed by atoms with van der Waals surface area (Å²) in [5, 5.41) is 13.5. The molecule has 1 heterocycles. The molecule has 0 aliphatic carbocycles. The summed E-state index contributed by atoms with van der Waals surface area (Å²) in [6.45, 7) is 9.95. The Morgan fingerprint density at radius 1 is 1.44 bits per heavy atom. The van der Waals surface area contributed by atoms with E-state index in [1.807, 2.05) is 6.92 Å². The van der Waals surface area contributed by atoms with Gasteiger partial charge in [-0.15, -0.1) is 0 Å². The summed E-state index contributed by atoms with van der Waals surface area (Å²) >= 11 is 0. The van der Waals surface area contributed by atoms with Crippen LogP contribution in [0.4, 0.5) is 0 Å². The van der Waals surface area contributed by atoms with Crippen molar-refractivity contribution >= 4 is 0 Å². The van der Waals surface area contributed by atoms with Crippen LogP contribution in [0, 0.1) is 5.92 Å². The maximum atomic E-state index is 10.2. The number of hydrogen-bond donors (Lipinski definition) is 2. The van der Waals surface area contributed by atoms with Gasteiger partial charge in [0.15, 0.2) is 0 Å². The predicted molar refractivity (Wildman–Crippen MR) is 66.5 cm³/mol. The third-order valence-corrected chi connectivity index (χ3v) is 3.05. The van der Waals surface area contributed by atoms with Crippen LogP contribution in [0.3, 0.4) is 0 Å². The highest BCUT2D eigenvalue weighted by Crippen LogP contribution is 2.26. The van der Waals surface area contributed by atoms with Crippen LogP contribution in [-0.2, 0) is 4.74 Å². The van der Waals surface area contributed by atoms with Crippen LogP contribution in [0.15, 0.2) is 0 Å². The van der Waals surface area contributed by atoms with Gasteiger partial charge in [0.2, 0.25) is 0 Å². The summed E-state index contributed by atoms with van der Waals surface area (Å²) in [5.74, 6) is 0.624. The molecule has 1 aliphatic rings. The number of rotatable bonds is 6. The lowest BCUT2D eigenvalue weighted by Gasteiger charge is -2.27. The van der Waals surface area contributed by atoms with Gasteiger partial charge in [0, 0.05) is 13.0 Å². The molecule has 0 radical (unpaired) electrons. The van der Waals surface area contributed by atoms with Gasteiger partial charge in [-0.2, -0.15) is 0 Å². The quantitative estimate of drug-likeness (QED) is 0.731. The summed E-state index contributed by atoms with van der Waals surface area (Å²) in [7, 11) is 0. The molecule has 0 aromatic carbocycles. The molecule has 3 nitrogen and oxygen atoms in total. The van der Waals surface area contributed by atoms with Gasteiger partial charge < -0.3 is 15.2 Å². The van der Waals surface area contributed by atoms with E-state index >= 15 is 0 Å². The van der Waals surface area contributed by atoms with Crippen molar-refractivity contribution < 1.29 is 9.84 Å². The molecular weight excluding hydrogens is 202 g/mol. The third kappa shape index (κ3) is 5.28. The molecule has 1 fully saturated rings. The van der Waals surface area contributed by atoms with E-state index in [1.165, 1.54) is 0 Å². The van der Waals surface area contributed by atoms with Crippen molar-refractivity contribution in [2.24, 2.45) is 5.92 Å². The molecule has 2 N–H and O–H groups in total. The minimum Gasteiger partial charge on any atom is -0.389 e. The second-order valence-electron chi connectivity index (χ2n) is 5.87. The molecule has 0 bridgehead atoms. The molecule has 1 aliphatic heterocycles. The second kappa shape index (κ2) is 5.99. The van der Waals surface area contributed by atoms with Gasteiger partial charge >= 0.3 is 0 Å². The molecule has 3 unspecified atom stereocenters. The van der Waals surface area contributed by atoms with Crippen LogP contribution in [0.1, 0.15) is 47.0 Å². The van der Waals surface area contributed by atoms with E-state index in [9.17, 15) is 5.11 Å². The van der Waals surface area contributed by atoms with Crippen LogP contribution in [0.5, 0.6) is 0 Å². The number of nitrogens with one attached hydrogen (secondary N) is 1. The Kier molecular flexibility index (Phi) is 5.22. The summed E-state index contributed by atoms with van der Waals surface area (Å²) in [6.07, 6.45) is 3.56. The minimum atomic E-state index is -0.649. The van der Waals surface area contributed by atoms with Crippen molar-refractivity contribution in [3.8, 4) is 0 Å². The highest BCUT2D eigenvalue weighted by molar-refractivity contribution is 4.83. The Hall–Kier alpha value is -0.120. The zero-order valence-electron chi connectivity index (χ0n) is 11.1. The predicted octanol–water partition coefficient (Wildman–Crippen LogP) is 1.94. The first-order valence-corrected chi connectivity index (χ1v) is 6.47. The standard InChI is InChI=1S/C13H27NO2/c1-10(2)8-14-9-13(4,15)7-12-6-5-11(3)16-12/h10-12,14-15H,5-9H2,1-4H3. The zero-order chi connectivity index (χ0) is 12.2. The molecule has 0 saturated carbocycles. The van der Waals surface area contributed by atoms with Crippen LogP contribution in [-0.4, -0.2) is 36.0 Å². The van der Waals surface area contributed by atoms with E-state index in [0.717, 1.165) is 25.8 Å². The van der Waals surface area contributed by atoms with Crippen LogP contribution < -0.4 is 5.32 Å². The molecule has 0 aromatic rings. The fraction of sp³-hybridized carbons (Fsp3) is 1.00. The molecular formula is C13H27NO2. The molecule has 0 amide bonds. The average Bonchev–Trinajstić information content (AvgIpc) is 2.48. The second-order valence-corrected chi connectivity index (χ2v) is 5.87. The number of ether oxygens (including phenoxy) is 1. The third-order valence-electron chi connectivity index (χ3n) is 3.05. The first kappa shape index (κ1) is 13.9. The van der Waals surface area contributed by atoms with Gasteiger partial charge in [-0.3, -0.25) is 0 Å². The summed E-state index contributed by atoms with van der Waals surface area (Å²) < 4.78 is 5.74. The van der Waals surface area contributed by atoms with E-state index in [0.29, 0.717) is 18.6 Å². The monoisotopic (exact) mass is 229 g/mol. The molecule has 3 heteroatoms. The van der Waals surface area contributed by atoms with Gasteiger partial charge in [-0.1, -0.05) is 13.8 Å². The molecule has 3 atom stereocenters. The Bertz CT molecular complexity index is 204. The van der Waals surface area contributed by atoms with Crippen LogP contribution >= 0.6 is 0 Å². The maximum absolute atomic E-state index is 10.2. The fourth-order valence-corrected chi connectivity index (χ4v) is 2.23. The van der Waals surface area contributed by atoms with Gasteiger partial charge in [0.25, 0.3) is 0 Å². The van der Waals surface area contributed by atoms with E-state index < -0.39 is 5.60 Å². The number of hydrogen-bond acceptors (Lipinski definition) is 3. The summed E-state index contributed by atoms with van der Waals surface area (Å²) in [5.41, 5.74) is -0.649. The fourth-order valence-electron chi connectivity index (χ4n) is 2.23. The Labute approximate surface area is 99.6 Å². The van der Waals surface area contributed by atoms with Crippen molar-refractivity contribution in [1.82, 2.24) is 5.32 Å². The zero-order valence-corrected chi connectivity index (χ0v) is 11.1. The normalized spacial score (nSPS) is 29.6. The van der Waals surface area contributed by atoms with Crippen molar-refractivity contribution in [2.75, 3.05) is 13.1 Å². The van der Waals surface area contributed by atoms with Crippen molar-refractivity contribution in [2.45, 2.75) is 64.8 Å². The van der Waals surface area contributed by atoms with Crippen molar-refractivity contribution in [1.29, 1.82) is 0 Å². The summed E-state index contributed by atoms with van der Waals surface area (Å²) in [4.78, 5) is 0. The van der Waals surface area contributed by atoms with Gasteiger partial charge in [-0.25, -0.2) is 0 Å². The Morgan fingerprint density at radius 3 is 2.62 bits per heavy atom. The molecule has 0 aromatic heterocycles. The lowest BCUT2D eigenvalue weighted by molar-refractivity contribution is -0.0230. The molecule has 96 valence electrons. The molecule has 16 heavy (non-hydrogen) atoms. The first-order chi connectivity index (χ1) is 7.39. The lowest BCUT2D eigenvalue weighted by atomic mass is 9.96. The SMILES string of the molecule is CC(C)CNCC(C)(O)CC1CCC(C)O1. The highest BCUT2D eigenvalue weighted by atomic mass is 16.5. The van der Waals surface area contributed by atoms with Crippen molar-refractivity contribution in [3.05, 3.63) is 0 Å². The molecule has 0 spiro atoms. The first-order valence-electron chi connectivity index (χ1n) is 6.47. The average molecular weight is 229 g/mol. The van der Waals surface area contributed by atoms with Gasteiger partial charge in [0.1, 0.15) is 0 Å². The Morgan fingerprint density at radius 2 is 2.12 bits per heavy atom. The van der Waals surface area contributed by atoms with Crippen molar-refractivity contribution in [3.63, 3.8) is 0 Å². The van der Waals surface area contributed by atoms with Crippen LogP contribution in [0.2, 0.25) is 0 Å². The topological polar surface area (TPSA) is 41.5 Å². The van der Waals surface area contributed by atoms with E-state index in [-0.39, 0.29) is 6.10 Å². The van der Waals surface area contributed by atoms with Crippen LogP contribution in [0.25, 0.3) is 0 Å². The minimum absolute atomic E-state index is 0.242. The smallest absolute Gasteiger partial charge is 0.0768 e. The maximum Gasteiger partial charge on any atom is 0.0768 e. The van der Waals surface area contributed by atoms with E-state index in [1.54, 1.807) is 0 Å². The van der Waals surface area contributed by atoms with Gasteiger partial charge in [0.05, 0.1) is 17.8 Å². The molecule has 1 saturated heterocycles. The van der Waals surface area contributed by atoms with E-state index in [2.05, 4.69) is 26.1 Å². The summed E-state index contributed by atoms with van der Waals surface area (Å²) in [6, 6.07) is 0. The Balaban J connectivity index is 2.22. The largest absolute Gasteiger partial charge is 0.389 e. The van der Waals surface area contributed by atoms with E-state index in [4.69, 9.17) is 4.74 Å². The van der Waals surface area contributed by atoms with Gasteiger partial charge in [-0.05, 0) is 39.2 Å². The highest BCUT2D eigenvalue weighted by Gasteiger charge is 2.30. The lowest BCUT2D eigenvalue weighted by Crippen LogP contribution is -2.41. The molecule has 1 rings (SSSR count). The number of aliphatic hydroxyl groups is 1.